The summed E-state index contributed by atoms with van der Waals surface area (Å²) in [5, 5.41) is 6.00. The fourth-order valence-electron chi connectivity index (χ4n) is 4.27. The van der Waals surface area contributed by atoms with E-state index in [1.54, 1.807) is 9.44 Å². The van der Waals surface area contributed by atoms with Crippen LogP contribution in [0.25, 0.3) is 0 Å². The van der Waals surface area contributed by atoms with Gasteiger partial charge in [-0.15, -0.1) is 0 Å². The SMILES string of the molecule is COc1cc(OC)nc(NC(=O)NS(=O)(=O)c2cc(NC=O)ccc2C(=O)N(C)C)n1.COc1cc(OC)nc(NC(=O)NS(=O)(=O)c2ncccc2C(=O)N(C)C)n1. The molecule has 0 radical (unpaired) electrons. The fourth-order valence-corrected chi connectivity index (χ4v) is 6.44. The molecule has 4 aromatic rings. The van der Waals surface area contributed by atoms with Crippen molar-refractivity contribution in [3.05, 3.63) is 59.8 Å². The summed E-state index contributed by atoms with van der Waals surface area (Å²) in [6, 6.07) is 6.67. The monoisotopic (exact) mass is 862 g/mol. The molecular weight excluding hydrogens is 825 g/mol. The van der Waals surface area contributed by atoms with Crippen LogP contribution in [0.15, 0.2) is 58.6 Å². The van der Waals surface area contributed by atoms with E-state index >= 15 is 0 Å². The standard InChI is InChI=1S/C17H20N6O7S.C15H18N6O6S/c1-23(2)15(25)11-6-5-10(18-9-24)7-12(11)31(27,28)22-17(26)21-16-19-13(29-3)8-14(20-16)30-4;1-21(2)13(22)9-6-5-7-16-12(9)28(24,25)20-15(23)19-14-17-10(26-3)8-11(18-14)27-4/h5-9H,1-4H3,(H,18,24)(H2,19,20,21,22,26);5-8H,1-4H3,(H2,17,18,19,20,23). The van der Waals surface area contributed by atoms with E-state index in [4.69, 9.17) is 18.9 Å². The molecule has 0 bridgehead atoms. The van der Waals surface area contributed by atoms with Crippen LogP contribution in [0.4, 0.5) is 27.2 Å². The lowest BCUT2D eigenvalue weighted by Gasteiger charge is -2.16. The molecule has 7 amide bonds. The van der Waals surface area contributed by atoms with Crippen molar-refractivity contribution in [2.75, 3.05) is 72.6 Å². The highest BCUT2D eigenvalue weighted by molar-refractivity contribution is 7.90. The van der Waals surface area contributed by atoms with Gasteiger partial charge in [-0.2, -0.15) is 28.4 Å². The Labute approximate surface area is 337 Å². The highest BCUT2D eigenvalue weighted by Crippen LogP contribution is 2.23. The first-order valence-electron chi connectivity index (χ1n) is 16.1. The minimum atomic E-state index is -4.54. The van der Waals surface area contributed by atoms with Crippen molar-refractivity contribution >= 4 is 67.9 Å². The fraction of sp³-hybridized carbons (Fsp3) is 0.250. The number of carbonyl (C=O) groups excluding carboxylic acids is 5. The molecule has 0 saturated heterocycles. The van der Waals surface area contributed by atoms with Crippen LogP contribution in [0.5, 0.6) is 23.5 Å². The number of urea groups is 2. The second-order valence-corrected chi connectivity index (χ2v) is 14.6. The Hall–Kier alpha value is -7.42. The maximum Gasteiger partial charge on any atom is 0.335 e. The highest BCUT2D eigenvalue weighted by atomic mass is 32.2. The Kier molecular flexibility index (Phi) is 15.7. The summed E-state index contributed by atoms with van der Waals surface area (Å²) in [4.78, 5) is 80.7. The Bertz CT molecular complexity index is 2390. The molecule has 0 aliphatic heterocycles. The van der Waals surface area contributed by atoms with Crippen molar-refractivity contribution in [1.82, 2.24) is 44.2 Å². The third kappa shape index (κ3) is 12.5. The number of aromatic nitrogens is 5. The topological polar surface area (TPSA) is 322 Å². The predicted molar refractivity (Wildman–Crippen MR) is 205 cm³/mol. The maximum atomic E-state index is 12.8. The molecule has 3 aromatic heterocycles. The molecule has 0 spiro atoms. The number of hydrogen-bond acceptors (Lipinski definition) is 18. The number of ether oxygens (including phenoxy) is 4. The Morgan fingerprint density at radius 3 is 1.49 bits per heavy atom. The van der Waals surface area contributed by atoms with Crippen LogP contribution in [-0.4, -0.2) is 138 Å². The van der Waals surface area contributed by atoms with Gasteiger partial charge in [0.1, 0.15) is 4.90 Å². The third-order valence-electron chi connectivity index (χ3n) is 6.90. The Balaban J connectivity index is 0.000000317. The van der Waals surface area contributed by atoms with Crippen molar-refractivity contribution < 1.29 is 59.8 Å². The average Bonchev–Trinajstić information content (AvgIpc) is 3.19. The van der Waals surface area contributed by atoms with Gasteiger partial charge in [-0.1, -0.05) is 0 Å². The van der Waals surface area contributed by atoms with E-state index in [1.165, 1.54) is 104 Å². The quantitative estimate of drug-likeness (QED) is 0.107. The first kappa shape index (κ1) is 46.0. The van der Waals surface area contributed by atoms with Crippen LogP contribution in [-0.2, 0) is 24.8 Å². The summed E-state index contributed by atoms with van der Waals surface area (Å²) >= 11 is 0. The average molecular weight is 863 g/mol. The van der Waals surface area contributed by atoms with Crippen molar-refractivity contribution in [1.29, 1.82) is 0 Å². The largest absolute Gasteiger partial charge is 0.481 e. The first-order valence-corrected chi connectivity index (χ1v) is 19.1. The molecule has 59 heavy (non-hydrogen) atoms. The van der Waals surface area contributed by atoms with Crippen LogP contribution in [0.3, 0.4) is 0 Å². The molecule has 0 aliphatic rings. The summed E-state index contributed by atoms with van der Waals surface area (Å²) < 4.78 is 74.0. The molecule has 5 N–H and O–H groups in total. The van der Waals surface area contributed by atoms with Crippen LogP contribution < -0.4 is 44.3 Å². The van der Waals surface area contributed by atoms with Gasteiger partial charge >= 0.3 is 12.1 Å². The predicted octanol–water partition coefficient (Wildman–Crippen LogP) is 0.375. The Morgan fingerprint density at radius 1 is 0.627 bits per heavy atom. The van der Waals surface area contributed by atoms with Gasteiger partial charge < -0.3 is 34.1 Å². The number of amides is 7. The maximum absolute atomic E-state index is 12.8. The van der Waals surface area contributed by atoms with Crippen LogP contribution in [0.2, 0.25) is 0 Å². The zero-order valence-corrected chi connectivity index (χ0v) is 34.1. The summed E-state index contributed by atoms with van der Waals surface area (Å²) in [6.45, 7) is 0. The number of rotatable bonds is 14. The molecule has 0 saturated carbocycles. The number of hydrogen-bond donors (Lipinski definition) is 5. The van der Waals surface area contributed by atoms with Gasteiger partial charge in [-0.25, -0.2) is 32.4 Å². The Morgan fingerprint density at radius 2 is 1.07 bits per heavy atom. The van der Waals surface area contributed by atoms with Gasteiger partial charge in [0.2, 0.25) is 41.8 Å². The molecule has 25 nitrogen and oxygen atoms in total. The lowest BCUT2D eigenvalue weighted by molar-refractivity contribution is -0.105. The lowest BCUT2D eigenvalue weighted by Crippen LogP contribution is -2.36. The minimum absolute atomic E-state index is 0.0662. The van der Waals surface area contributed by atoms with Gasteiger partial charge in [-0.3, -0.25) is 25.0 Å². The van der Waals surface area contributed by atoms with Gasteiger partial charge in [-0.05, 0) is 30.3 Å². The highest BCUT2D eigenvalue weighted by Gasteiger charge is 2.28. The number of nitrogens with zero attached hydrogens (tertiary/aromatic N) is 7. The van der Waals surface area contributed by atoms with E-state index in [0.717, 1.165) is 11.0 Å². The van der Waals surface area contributed by atoms with Gasteiger partial charge in [0.05, 0.1) is 51.7 Å². The second kappa shape index (κ2) is 20.1. The molecule has 0 fully saturated rings. The van der Waals surface area contributed by atoms with E-state index in [2.05, 4.69) is 40.9 Å². The second-order valence-electron chi connectivity index (χ2n) is 11.4. The molecular formula is C32H38N12O13S2. The third-order valence-corrected chi connectivity index (χ3v) is 9.55. The smallest absolute Gasteiger partial charge is 0.335 e. The van der Waals surface area contributed by atoms with E-state index in [9.17, 15) is 40.8 Å². The molecule has 0 aliphatic carbocycles. The number of methoxy groups -OCH3 is 4. The molecule has 0 atom stereocenters. The normalized spacial score (nSPS) is 10.6. The molecule has 3 heterocycles. The van der Waals surface area contributed by atoms with E-state index in [0.29, 0.717) is 6.41 Å². The van der Waals surface area contributed by atoms with E-state index < -0.39 is 53.8 Å². The molecule has 4 rings (SSSR count). The number of carbonyl (C=O) groups is 5. The molecule has 0 unspecified atom stereocenters. The molecule has 27 heteroatoms. The van der Waals surface area contributed by atoms with Gasteiger partial charge in [0, 0.05) is 40.1 Å². The number of pyridine rings is 1. The van der Waals surface area contributed by atoms with Crippen molar-refractivity contribution in [2.45, 2.75) is 9.92 Å². The molecule has 316 valence electrons. The van der Waals surface area contributed by atoms with Gasteiger partial charge in [0.15, 0.2) is 5.03 Å². The van der Waals surface area contributed by atoms with E-state index in [-0.39, 0.29) is 52.2 Å². The number of sulfonamides is 2. The van der Waals surface area contributed by atoms with Crippen molar-refractivity contribution in [3.8, 4) is 23.5 Å². The number of benzene rings is 1. The lowest BCUT2D eigenvalue weighted by atomic mass is 10.2. The van der Waals surface area contributed by atoms with Crippen LogP contribution in [0, 0.1) is 0 Å². The van der Waals surface area contributed by atoms with Crippen LogP contribution >= 0.6 is 0 Å². The molecule has 1 aromatic carbocycles. The van der Waals surface area contributed by atoms with Crippen LogP contribution in [0.1, 0.15) is 20.7 Å². The minimum Gasteiger partial charge on any atom is -0.481 e. The van der Waals surface area contributed by atoms with Crippen molar-refractivity contribution in [2.24, 2.45) is 0 Å². The summed E-state index contributed by atoms with van der Waals surface area (Å²) in [5.41, 5.74) is -0.292. The zero-order valence-electron chi connectivity index (χ0n) is 32.5. The number of anilines is 3. The summed E-state index contributed by atoms with van der Waals surface area (Å²) in [7, 11) is 2.14. The number of nitrogens with one attached hydrogen (secondary N) is 5. The summed E-state index contributed by atoms with van der Waals surface area (Å²) in [6.07, 6.45) is 1.53. The van der Waals surface area contributed by atoms with E-state index in [1.807, 2.05) is 0 Å². The first-order chi connectivity index (χ1) is 27.8. The van der Waals surface area contributed by atoms with Gasteiger partial charge in [0.25, 0.3) is 31.9 Å². The van der Waals surface area contributed by atoms with Crippen molar-refractivity contribution in [3.63, 3.8) is 0 Å². The summed E-state index contributed by atoms with van der Waals surface area (Å²) in [5.74, 6) is -1.44. The zero-order chi connectivity index (χ0) is 44.1.